The second-order valence-corrected chi connectivity index (χ2v) is 16.4. The number of fused-ring (bicyclic) bond motifs is 5. The van der Waals surface area contributed by atoms with Gasteiger partial charge in [0.05, 0.1) is 8.07 Å². The number of hydrogen-bond acceptors (Lipinski definition) is 5. The first kappa shape index (κ1) is 22.9. The highest BCUT2D eigenvalue weighted by atomic mass is 32.2. The molecular formula is C27H28O5SSi. The second kappa shape index (κ2) is 8.41. The molecule has 0 fully saturated rings. The third-order valence-corrected chi connectivity index (χ3v) is 9.41. The van der Waals surface area contributed by atoms with E-state index in [2.05, 4.69) is 25.7 Å². The van der Waals surface area contributed by atoms with Crippen LogP contribution >= 0.6 is 0 Å². The highest BCUT2D eigenvalue weighted by molar-refractivity contribution is 7.87. The van der Waals surface area contributed by atoms with Crippen molar-refractivity contribution in [2.24, 2.45) is 0 Å². The van der Waals surface area contributed by atoms with Crippen LogP contribution in [0.4, 0.5) is 0 Å². The third-order valence-electron chi connectivity index (χ3n) is 6.19. The average Bonchev–Trinajstić information content (AvgIpc) is 3.40. The van der Waals surface area contributed by atoms with Crippen molar-refractivity contribution in [1.82, 2.24) is 0 Å². The van der Waals surface area contributed by atoms with Crippen LogP contribution in [0.25, 0.3) is 0 Å². The van der Waals surface area contributed by atoms with E-state index in [1.165, 1.54) is 0 Å². The maximum atomic E-state index is 13.4. The van der Waals surface area contributed by atoms with Crippen LogP contribution in [0.1, 0.15) is 34.5 Å². The summed E-state index contributed by atoms with van der Waals surface area (Å²) >= 11 is 0. The summed E-state index contributed by atoms with van der Waals surface area (Å²) in [5.74, 6) is 0.755. The van der Waals surface area contributed by atoms with E-state index in [9.17, 15) is 8.42 Å². The Morgan fingerprint density at radius 2 is 1.59 bits per heavy atom. The van der Waals surface area contributed by atoms with Gasteiger partial charge in [-0.3, -0.25) is 0 Å². The highest BCUT2D eigenvalue weighted by Crippen LogP contribution is 2.52. The van der Waals surface area contributed by atoms with E-state index >= 15 is 0 Å². The molecule has 3 aromatic rings. The first-order valence-electron chi connectivity index (χ1n) is 11.4. The van der Waals surface area contributed by atoms with Gasteiger partial charge in [0.15, 0.2) is 11.5 Å². The SMILES string of the molecule is Cc1ccc(S(=O)(=O)Oc2c([Si](C)(C)C)cc3c(c2OCc2ccccc2)C2C=CC3O2)cc1. The lowest BCUT2D eigenvalue weighted by molar-refractivity contribution is 0.0865. The van der Waals surface area contributed by atoms with Gasteiger partial charge in [-0.25, -0.2) is 0 Å². The molecule has 7 heteroatoms. The van der Waals surface area contributed by atoms with Crippen molar-refractivity contribution in [3.63, 3.8) is 0 Å². The second-order valence-electron chi connectivity index (χ2n) is 9.82. The molecular weight excluding hydrogens is 464 g/mol. The van der Waals surface area contributed by atoms with Crippen molar-refractivity contribution in [2.45, 2.75) is 50.3 Å². The molecule has 0 saturated carbocycles. The summed E-state index contributed by atoms with van der Waals surface area (Å²) in [7, 11) is -6.11. The molecule has 2 aliphatic heterocycles. The fraction of sp³-hybridized carbons (Fsp3) is 0.259. The molecule has 0 amide bonds. The Morgan fingerprint density at radius 1 is 0.912 bits per heavy atom. The molecule has 3 aromatic carbocycles. The molecule has 0 radical (unpaired) electrons. The van der Waals surface area contributed by atoms with Crippen molar-refractivity contribution in [2.75, 3.05) is 0 Å². The predicted molar refractivity (Wildman–Crippen MR) is 135 cm³/mol. The third kappa shape index (κ3) is 4.19. The van der Waals surface area contributed by atoms with E-state index in [1.54, 1.807) is 24.3 Å². The number of rotatable bonds is 7. The number of aryl methyl sites for hydroxylation is 1. The molecule has 2 atom stereocenters. The molecule has 5 nitrogen and oxygen atoms in total. The van der Waals surface area contributed by atoms with Crippen LogP contribution < -0.4 is 14.1 Å². The molecule has 2 aliphatic rings. The normalized spacial score (nSPS) is 18.7. The topological polar surface area (TPSA) is 61.8 Å². The van der Waals surface area contributed by atoms with Gasteiger partial charge in [-0.2, -0.15) is 8.42 Å². The van der Waals surface area contributed by atoms with Crippen LogP contribution in [0, 0.1) is 6.92 Å². The van der Waals surface area contributed by atoms with Crippen LogP contribution in [0.3, 0.4) is 0 Å². The molecule has 34 heavy (non-hydrogen) atoms. The quantitative estimate of drug-likeness (QED) is 0.245. The summed E-state index contributed by atoms with van der Waals surface area (Å²) in [6.45, 7) is 8.73. The Kier molecular flexibility index (Phi) is 5.66. The molecule has 0 N–H and O–H groups in total. The van der Waals surface area contributed by atoms with Crippen molar-refractivity contribution in [3.8, 4) is 11.5 Å². The lowest BCUT2D eigenvalue weighted by Crippen LogP contribution is -2.40. The molecule has 176 valence electrons. The number of hydrogen-bond donors (Lipinski definition) is 0. The van der Waals surface area contributed by atoms with E-state index in [0.717, 1.165) is 27.4 Å². The summed E-state index contributed by atoms with van der Waals surface area (Å²) in [6, 6.07) is 18.6. The molecule has 0 spiro atoms. The van der Waals surface area contributed by atoms with Gasteiger partial charge in [0, 0.05) is 5.56 Å². The first-order chi connectivity index (χ1) is 16.1. The Morgan fingerprint density at radius 3 is 2.26 bits per heavy atom. The summed E-state index contributed by atoms with van der Waals surface area (Å²) in [6.07, 6.45) is 3.63. The lowest BCUT2D eigenvalue weighted by Gasteiger charge is -2.26. The van der Waals surface area contributed by atoms with Gasteiger partial charge >= 0.3 is 10.1 Å². The predicted octanol–water partition coefficient (Wildman–Crippen LogP) is 5.57. The van der Waals surface area contributed by atoms with E-state index in [-0.39, 0.29) is 17.1 Å². The molecule has 5 rings (SSSR count). The zero-order valence-corrected chi connectivity index (χ0v) is 21.6. The Labute approximate surface area is 202 Å². The average molecular weight is 493 g/mol. The lowest BCUT2D eigenvalue weighted by atomic mass is 9.95. The van der Waals surface area contributed by atoms with Gasteiger partial charge in [0.25, 0.3) is 0 Å². The molecule has 0 aliphatic carbocycles. The number of benzene rings is 3. The first-order valence-corrected chi connectivity index (χ1v) is 16.3. The molecule has 0 saturated heterocycles. The summed E-state index contributed by atoms with van der Waals surface area (Å²) in [5.41, 5.74) is 3.86. The van der Waals surface area contributed by atoms with Crippen molar-refractivity contribution < 1.29 is 22.1 Å². The summed E-state index contributed by atoms with van der Waals surface area (Å²) in [5, 5.41) is 0.898. The zero-order chi connectivity index (χ0) is 24.1. The van der Waals surface area contributed by atoms with Gasteiger partial charge in [-0.1, -0.05) is 85.9 Å². The van der Waals surface area contributed by atoms with Crippen LogP contribution in [0.2, 0.25) is 19.6 Å². The highest BCUT2D eigenvalue weighted by Gasteiger charge is 2.41. The maximum Gasteiger partial charge on any atom is 0.339 e. The monoisotopic (exact) mass is 492 g/mol. The zero-order valence-electron chi connectivity index (χ0n) is 19.7. The fourth-order valence-corrected chi connectivity index (χ4v) is 6.83. The smallest absolute Gasteiger partial charge is 0.339 e. The largest absolute Gasteiger partial charge is 0.485 e. The molecule has 0 aromatic heterocycles. The Bertz CT molecular complexity index is 1360. The van der Waals surface area contributed by atoms with Crippen LogP contribution in [-0.4, -0.2) is 16.5 Å². The van der Waals surface area contributed by atoms with Gasteiger partial charge in [0.1, 0.15) is 23.7 Å². The maximum absolute atomic E-state index is 13.4. The number of ether oxygens (including phenoxy) is 2. The van der Waals surface area contributed by atoms with Gasteiger partial charge in [0.2, 0.25) is 0 Å². The van der Waals surface area contributed by atoms with Crippen molar-refractivity contribution in [1.29, 1.82) is 0 Å². The summed E-state index contributed by atoms with van der Waals surface area (Å²) < 4.78 is 45.2. The van der Waals surface area contributed by atoms with Gasteiger partial charge < -0.3 is 13.7 Å². The summed E-state index contributed by atoms with van der Waals surface area (Å²) in [4.78, 5) is 0.117. The van der Waals surface area contributed by atoms with E-state index in [1.807, 2.05) is 49.4 Å². The minimum Gasteiger partial charge on any atom is -0.485 e. The molecule has 2 bridgehead atoms. The van der Waals surface area contributed by atoms with Gasteiger partial charge in [-0.05, 0) is 35.4 Å². The van der Waals surface area contributed by atoms with E-state index in [4.69, 9.17) is 13.7 Å². The Hall–Kier alpha value is -2.87. The standard InChI is InChI=1S/C27H28O5SSi/c1-18-10-12-20(13-11-18)33(28,29)32-26-24(34(2,3)4)16-21-22-14-15-23(31-22)25(21)27(26)30-17-19-8-6-5-7-9-19/h5-16,22-23H,17H2,1-4H3. The van der Waals surface area contributed by atoms with E-state index < -0.39 is 18.2 Å². The van der Waals surface area contributed by atoms with Crippen LogP contribution in [-0.2, 0) is 21.5 Å². The van der Waals surface area contributed by atoms with Crippen LogP contribution in [0.15, 0.2) is 77.7 Å². The fourth-order valence-electron chi connectivity index (χ4n) is 4.37. The van der Waals surface area contributed by atoms with Gasteiger partial charge in [-0.15, -0.1) is 0 Å². The minimum absolute atomic E-state index is 0.117. The molecule has 2 unspecified atom stereocenters. The Balaban J connectivity index is 1.65. The van der Waals surface area contributed by atoms with Crippen molar-refractivity contribution >= 4 is 23.4 Å². The minimum atomic E-state index is -4.07. The van der Waals surface area contributed by atoms with E-state index in [0.29, 0.717) is 18.1 Å². The molecule has 2 heterocycles. The van der Waals surface area contributed by atoms with Crippen molar-refractivity contribution in [3.05, 3.63) is 95.1 Å². The van der Waals surface area contributed by atoms with Crippen LogP contribution in [0.5, 0.6) is 11.5 Å².